The highest BCUT2D eigenvalue weighted by molar-refractivity contribution is 6.03. The van der Waals surface area contributed by atoms with Gasteiger partial charge in [-0.05, 0) is 18.9 Å². The Hall–Kier alpha value is -2.71. The van der Waals surface area contributed by atoms with Crippen molar-refractivity contribution in [2.24, 2.45) is 0 Å². The van der Waals surface area contributed by atoms with Crippen LogP contribution in [0.4, 0.5) is 10.7 Å². The molecule has 0 aliphatic carbocycles. The molecule has 9 heteroatoms. The van der Waals surface area contributed by atoms with Crippen LogP contribution in [-0.2, 0) is 9.59 Å². The molecular formula is C14H18N6O3. The van der Waals surface area contributed by atoms with Crippen LogP contribution in [0.1, 0.15) is 12.8 Å². The van der Waals surface area contributed by atoms with Gasteiger partial charge in [-0.3, -0.25) is 14.9 Å². The van der Waals surface area contributed by atoms with Gasteiger partial charge in [-0.15, -0.1) is 0 Å². The minimum absolute atomic E-state index is 0.0265. The first kappa shape index (κ1) is 15.2. The quantitative estimate of drug-likeness (QED) is 0.698. The van der Waals surface area contributed by atoms with Gasteiger partial charge >= 0.3 is 6.03 Å². The number of hydrogen-bond donors (Lipinski definition) is 2. The Bertz CT molecular complexity index is 608. The second kappa shape index (κ2) is 6.59. The molecule has 3 heterocycles. The van der Waals surface area contributed by atoms with E-state index in [1.807, 2.05) is 4.90 Å². The summed E-state index contributed by atoms with van der Waals surface area (Å²) >= 11 is 0. The van der Waals surface area contributed by atoms with Crippen LogP contribution in [0.15, 0.2) is 18.5 Å². The smallest absolute Gasteiger partial charge is 0.325 e. The SMILES string of the molecule is O=C1CN(CC(=O)N[C@@H]2CCCN(c3ncccn3)C2)C(=O)N1. The van der Waals surface area contributed by atoms with Crippen LogP contribution < -0.4 is 15.5 Å². The van der Waals surface area contributed by atoms with E-state index in [0.29, 0.717) is 12.5 Å². The van der Waals surface area contributed by atoms with E-state index in [-0.39, 0.29) is 30.9 Å². The van der Waals surface area contributed by atoms with Crippen molar-refractivity contribution in [2.75, 3.05) is 31.1 Å². The van der Waals surface area contributed by atoms with E-state index in [9.17, 15) is 14.4 Å². The maximum Gasteiger partial charge on any atom is 0.325 e. The van der Waals surface area contributed by atoms with Crippen LogP contribution in [-0.4, -0.2) is 64.9 Å². The number of urea groups is 1. The molecule has 0 aromatic carbocycles. The van der Waals surface area contributed by atoms with Crippen molar-refractivity contribution in [3.8, 4) is 0 Å². The van der Waals surface area contributed by atoms with Gasteiger partial charge in [-0.25, -0.2) is 14.8 Å². The number of carbonyl (C=O) groups is 3. The molecule has 3 rings (SSSR count). The zero-order chi connectivity index (χ0) is 16.2. The Labute approximate surface area is 133 Å². The van der Waals surface area contributed by atoms with Crippen molar-refractivity contribution in [2.45, 2.75) is 18.9 Å². The molecule has 0 spiro atoms. The molecule has 0 saturated carbocycles. The summed E-state index contributed by atoms with van der Waals surface area (Å²) in [5.74, 6) is -0.000450. The topological polar surface area (TPSA) is 108 Å². The van der Waals surface area contributed by atoms with Gasteiger partial charge in [0.1, 0.15) is 13.1 Å². The summed E-state index contributed by atoms with van der Waals surface area (Å²) in [7, 11) is 0. The summed E-state index contributed by atoms with van der Waals surface area (Å²) < 4.78 is 0. The molecule has 0 bridgehead atoms. The van der Waals surface area contributed by atoms with Crippen molar-refractivity contribution in [1.29, 1.82) is 0 Å². The summed E-state index contributed by atoms with van der Waals surface area (Å²) in [6.45, 7) is 1.29. The first-order chi connectivity index (χ1) is 11.1. The number of imide groups is 1. The lowest BCUT2D eigenvalue weighted by Gasteiger charge is -2.33. The van der Waals surface area contributed by atoms with Crippen molar-refractivity contribution >= 4 is 23.8 Å². The molecule has 2 N–H and O–H groups in total. The number of hydrogen-bond acceptors (Lipinski definition) is 6. The third kappa shape index (κ3) is 3.74. The Balaban J connectivity index is 1.52. The molecule has 2 saturated heterocycles. The van der Waals surface area contributed by atoms with Crippen molar-refractivity contribution in [3.63, 3.8) is 0 Å². The minimum Gasteiger partial charge on any atom is -0.350 e. The van der Waals surface area contributed by atoms with Gasteiger partial charge in [0.05, 0.1) is 0 Å². The Morgan fingerprint density at radius 1 is 1.35 bits per heavy atom. The number of piperidine rings is 1. The lowest BCUT2D eigenvalue weighted by atomic mass is 10.1. The molecule has 2 aliphatic rings. The molecular weight excluding hydrogens is 300 g/mol. The van der Waals surface area contributed by atoms with Gasteiger partial charge in [0, 0.05) is 31.5 Å². The summed E-state index contributed by atoms with van der Waals surface area (Å²) in [5, 5.41) is 5.06. The van der Waals surface area contributed by atoms with Crippen LogP contribution in [0.3, 0.4) is 0 Å². The predicted molar refractivity (Wildman–Crippen MR) is 80.5 cm³/mol. The largest absolute Gasteiger partial charge is 0.350 e. The molecule has 1 atom stereocenters. The number of anilines is 1. The van der Waals surface area contributed by atoms with E-state index in [2.05, 4.69) is 20.6 Å². The lowest BCUT2D eigenvalue weighted by Crippen LogP contribution is -2.50. The van der Waals surface area contributed by atoms with Gasteiger partial charge in [0.2, 0.25) is 17.8 Å². The lowest BCUT2D eigenvalue weighted by molar-refractivity contribution is -0.122. The molecule has 23 heavy (non-hydrogen) atoms. The minimum atomic E-state index is -0.520. The standard InChI is InChI=1S/C14H18N6O3/c21-11(8-20-9-12(22)18-14(20)23)17-10-3-1-6-19(7-10)13-15-4-2-5-16-13/h2,4-5,10H,1,3,6-9H2,(H,17,21)(H,18,22,23)/t10-/m1/s1. The van der Waals surface area contributed by atoms with Crippen molar-refractivity contribution in [3.05, 3.63) is 18.5 Å². The first-order valence-corrected chi connectivity index (χ1v) is 7.52. The fraction of sp³-hybridized carbons (Fsp3) is 0.500. The van der Waals surface area contributed by atoms with Crippen molar-refractivity contribution < 1.29 is 14.4 Å². The van der Waals surface area contributed by atoms with E-state index in [1.165, 1.54) is 4.90 Å². The first-order valence-electron chi connectivity index (χ1n) is 7.52. The average molecular weight is 318 g/mol. The van der Waals surface area contributed by atoms with E-state index < -0.39 is 6.03 Å². The highest BCUT2D eigenvalue weighted by Gasteiger charge is 2.29. The molecule has 2 fully saturated rings. The van der Waals surface area contributed by atoms with E-state index in [0.717, 1.165) is 19.4 Å². The van der Waals surface area contributed by atoms with Gasteiger partial charge < -0.3 is 15.1 Å². The number of nitrogens with one attached hydrogen (secondary N) is 2. The summed E-state index contributed by atoms with van der Waals surface area (Å²) in [4.78, 5) is 46.3. The number of nitrogens with zero attached hydrogens (tertiary/aromatic N) is 4. The summed E-state index contributed by atoms with van der Waals surface area (Å²) in [6, 6.07) is 1.21. The monoisotopic (exact) mass is 318 g/mol. The van der Waals surface area contributed by atoms with Crippen LogP contribution in [0.25, 0.3) is 0 Å². The van der Waals surface area contributed by atoms with Crippen LogP contribution in [0, 0.1) is 0 Å². The number of aromatic nitrogens is 2. The third-order valence-electron chi connectivity index (χ3n) is 3.82. The molecule has 2 aliphatic heterocycles. The van der Waals surface area contributed by atoms with Crippen LogP contribution >= 0.6 is 0 Å². The summed E-state index contributed by atoms with van der Waals surface area (Å²) in [6.07, 6.45) is 5.16. The molecule has 9 nitrogen and oxygen atoms in total. The van der Waals surface area contributed by atoms with Gasteiger partial charge in [0.25, 0.3) is 0 Å². The number of carbonyl (C=O) groups excluding carboxylic acids is 3. The Morgan fingerprint density at radius 2 is 2.13 bits per heavy atom. The molecule has 0 radical (unpaired) electrons. The normalized spacial score (nSPS) is 21.3. The van der Waals surface area contributed by atoms with Gasteiger partial charge in [-0.1, -0.05) is 0 Å². The summed E-state index contributed by atoms with van der Waals surface area (Å²) in [5.41, 5.74) is 0. The van der Waals surface area contributed by atoms with E-state index >= 15 is 0 Å². The van der Waals surface area contributed by atoms with Crippen LogP contribution in [0.2, 0.25) is 0 Å². The molecule has 0 unspecified atom stereocenters. The van der Waals surface area contributed by atoms with Crippen LogP contribution in [0.5, 0.6) is 0 Å². The van der Waals surface area contributed by atoms with Crippen molar-refractivity contribution in [1.82, 2.24) is 25.5 Å². The highest BCUT2D eigenvalue weighted by atomic mass is 16.2. The zero-order valence-electron chi connectivity index (χ0n) is 12.6. The number of rotatable bonds is 4. The Morgan fingerprint density at radius 3 is 2.83 bits per heavy atom. The predicted octanol–water partition coefficient (Wildman–Crippen LogP) is -0.887. The number of amides is 4. The van der Waals surface area contributed by atoms with Gasteiger partial charge in [0.15, 0.2) is 0 Å². The van der Waals surface area contributed by atoms with Gasteiger partial charge in [-0.2, -0.15) is 0 Å². The maximum absolute atomic E-state index is 12.1. The molecule has 1 aromatic rings. The second-order valence-corrected chi connectivity index (χ2v) is 5.61. The molecule has 4 amide bonds. The van der Waals surface area contributed by atoms with E-state index in [1.54, 1.807) is 18.5 Å². The highest BCUT2D eigenvalue weighted by Crippen LogP contribution is 2.15. The molecule has 122 valence electrons. The fourth-order valence-electron chi connectivity index (χ4n) is 2.79. The molecule has 1 aromatic heterocycles. The third-order valence-corrected chi connectivity index (χ3v) is 3.82. The average Bonchev–Trinajstić information content (AvgIpc) is 2.86. The zero-order valence-corrected chi connectivity index (χ0v) is 12.6. The fourth-order valence-corrected chi connectivity index (χ4v) is 2.79. The van der Waals surface area contributed by atoms with E-state index in [4.69, 9.17) is 0 Å². The second-order valence-electron chi connectivity index (χ2n) is 5.61. The Kier molecular flexibility index (Phi) is 4.35. The maximum atomic E-state index is 12.1.